The highest BCUT2D eigenvalue weighted by atomic mass is 32.2. The largest absolute Gasteiger partial charge is 0.321 e. The van der Waals surface area contributed by atoms with Crippen molar-refractivity contribution in [2.24, 2.45) is 0 Å². The summed E-state index contributed by atoms with van der Waals surface area (Å²) in [6.45, 7) is 0. The first kappa shape index (κ1) is 38.1. The van der Waals surface area contributed by atoms with Crippen molar-refractivity contribution in [3.63, 3.8) is 0 Å². The molecule has 1 heterocycles. The summed E-state index contributed by atoms with van der Waals surface area (Å²) in [5.41, 5.74) is 5.58. The minimum atomic E-state index is -0.659. The van der Waals surface area contributed by atoms with Crippen molar-refractivity contribution < 1.29 is 19.3 Å². The summed E-state index contributed by atoms with van der Waals surface area (Å²) in [5, 5.41) is 21.3. The average Bonchev–Trinajstić information content (AvgIpc) is 3.72. The number of nitrogens with one attached hydrogen (secondary N) is 3. The van der Waals surface area contributed by atoms with Crippen molar-refractivity contribution in [2.45, 2.75) is 10.1 Å². The maximum Gasteiger partial charge on any atom is 0.272 e. The van der Waals surface area contributed by atoms with Crippen molar-refractivity contribution in [1.29, 1.82) is 0 Å². The zero-order valence-electron chi connectivity index (χ0n) is 30.1. The van der Waals surface area contributed by atoms with E-state index in [1.165, 1.54) is 35.2 Å². The monoisotopic (exact) mass is 787 g/mol. The van der Waals surface area contributed by atoms with Crippen molar-refractivity contribution >= 4 is 63.4 Å². The van der Waals surface area contributed by atoms with Gasteiger partial charge in [0.25, 0.3) is 17.5 Å². The Hall–Kier alpha value is -7.15. The van der Waals surface area contributed by atoms with Gasteiger partial charge in [-0.15, -0.1) is 23.1 Å². The Kier molecular flexibility index (Phi) is 12.0. The number of rotatable bonds is 13. The Labute approximate surface area is 336 Å². The summed E-state index contributed by atoms with van der Waals surface area (Å²) in [6.07, 6.45) is 1.63. The Morgan fingerprint density at radius 3 is 2.02 bits per heavy atom. The molecule has 1 aromatic heterocycles. The van der Waals surface area contributed by atoms with Gasteiger partial charge < -0.3 is 16.0 Å². The van der Waals surface area contributed by atoms with Crippen LogP contribution in [-0.4, -0.2) is 27.6 Å². The SMILES string of the molecule is O=C(Nc1ccc(SC(C(=O)Nc2nc(-c3cccc([N+](=O)[O-])c3)cs2)c2ccccc2)cc1)/C(=C/c1ccc(-c2ccccc2)cc1)NC(=O)c1ccccc1. The van der Waals surface area contributed by atoms with Crippen molar-refractivity contribution in [2.75, 3.05) is 10.6 Å². The highest BCUT2D eigenvalue weighted by molar-refractivity contribution is 8.00. The zero-order valence-corrected chi connectivity index (χ0v) is 31.7. The van der Waals surface area contributed by atoms with Gasteiger partial charge in [0.1, 0.15) is 10.9 Å². The van der Waals surface area contributed by atoms with E-state index in [2.05, 4.69) is 20.9 Å². The molecule has 0 radical (unpaired) electrons. The molecule has 0 fully saturated rings. The smallest absolute Gasteiger partial charge is 0.272 e. The second-order valence-corrected chi connectivity index (χ2v) is 14.6. The van der Waals surface area contributed by atoms with Gasteiger partial charge in [0.2, 0.25) is 5.91 Å². The van der Waals surface area contributed by atoms with E-state index in [4.69, 9.17) is 0 Å². The molecule has 12 heteroatoms. The summed E-state index contributed by atoms with van der Waals surface area (Å²) in [7, 11) is 0. The van der Waals surface area contributed by atoms with Crippen LogP contribution in [0.5, 0.6) is 0 Å². The minimum absolute atomic E-state index is 0.0473. The molecule has 3 amide bonds. The quantitative estimate of drug-likeness (QED) is 0.0457. The molecule has 0 spiro atoms. The first-order valence-electron chi connectivity index (χ1n) is 17.7. The van der Waals surface area contributed by atoms with Gasteiger partial charge in [-0.1, -0.05) is 115 Å². The molecule has 0 aliphatic heterocycles. The van der Waals surface area contributed by atoms with Gasteiger partial charge in [0.05, 0.1) is 10.6 Å². The average molecular weight is 788 g/mol. The number of non-ortho nitro benzene ring substituents is 1. The van der Waals surface area contributed by atoms with Crippen LogP contribution < -0.4 is 16.0 Å². The molecule has 0 saturated carbocycles. The van der Waals surface area contributed by atoms with E-state index >= 15 is 0 Å². The first-order chi connectivity index (χ1) is 27.8. The standard InChI is InChI=1S/C45H33N5O5S2/c51-42(34-15-8-3-9-16-34)47-39(27-30-19-21-32(22-20-30)31-11-4-1-5-12-31)43(52)46-36-23-25-38(26-24-36)57-41(33-13-6-2-7-14-33)44(53)49-45-48-40(29-56-45)35-17-10-18-37(28-35)50(54)55/h1-29,41H,(H,46,52)(H,47,51)(H,48,49,53)/b39-27-. The van der Waals surface area contributed by atoms with E-state index in [9.17, 15) is 24.5 Å². The predicted octanol–water partition coefficient (Wildman–Crippen LogP) is 10.3. The van der Waals surface area contributed by atoms with Crippen LogP contribution in [0.3, 0.4) is 0 Å². The predicted molar refractivity (Wildman–Crippen MR) is 227 cm³/mol. The fraction of sp³-hybridized carbons (Fsp3) is 0.0222. The van der Waals surface area contributed by atoms with Crippen LogP contribution in [0.1, 0.15) is 26.7 Å². The Morgan fingerprint density at radius 1 is 0.702 bits per heavy atom. The third kappa shape index (κ3) is 9.94. The number of anilines is 2. The number of hydrogen-bond acceptors (Lipinski definition) is 8. The maximum absolute atomic E-state index is 13.8. The van der Waals surface area contributed by atoms with E-state index in [0.29, 0.717) is 27.6 Å². The number of thiazole rings is 1. The van der Waals surface area contributed by atoms with E-state index in [-0.39, 0.29) is 17.3 Å². The molecular formula is C45H33N5O5S2. The molecule has 1 unspecified atom stereocenters. The van der Waals surface area contributed by atoms with Crippen LogP contribution in [0.2, 0.25) is 0 Å². The van der Waals surface area contributed by atoms with E-state index in [0.717, 1.165) is 27.1 Å². The van der Waals surface area contributed by atoms with Crippen molar-refractivity contribution in [3.05, 3.63) is 202 Å². The number of hydrogen-bond donors (Lipinski definition) is 3. The molecule has 7 aromatic rings. The highest BCUT2D eigenvalue weighted by Gasteiger charge is 2.24. The van der Waals surface area contributed by atoms with Gasteiger partial charge in [-0.25, -0.2) is 4.98 Å². The van der Waals surface area contributed by atoms with Crippen molar-refractivity contribution in [3.8, 4) is 22.4 Å². The molecular weight excluding hydrogens is 755 g/mol. The summed E-state index contributed by atoms with van der Waals surface area (Å²) in [6, 6.07) is 48.9. The lowest BCUT2D eigenvalue weighted by atomic mass is 10.0. The third-order valence-corrected chi connectivity index (χ3v) is 10.7. The van der Waals surface area contributed by atoms with Gasteiger partial charge in [-0.3, -0.25) is 24.5 Å². The number of carbonyl (C=O) groups excluding carboxylic acids is 3. The first-order valence-corrected chi connectivity index (χ1v) is 19.4. The molecule has 1 atom stereocenters. The summed E-state index contributed by atoms with van der Waals surface area (Å²) in [5.74, 6) is -1.24. The number of benzene rings is 6. The molecule has 0 aliphatic carbocycles. The molecule has 10 nitrogen and oxygen atoms in total. The van der Waals surface area contributed by atoms with Crippen LogP contribution >= 0.6 is 23.1 Å². The molecule has 7 rings (SSSR count). The van der Waals surface area contributed by atoms with Crippen LogP contribution in [0.4, 0.5) is 16.5 Å². The number of nitrogens with zero attached hydrogens (tertiary/aromatic N) is 2. The summed E-state index contributed by atoms with van der Waals surface area (Å²) in [4.78, 5) is 56.8. The Balaban J connectivity index is 1.06. The molecule has 3 N–H and O–H groups in total. The van der Waals surface area contributed by atoms with Gasteiger partial charge in [0, 0.05) is 39.2 Å². The van der Waals surface area contributed by atoms with Gasteiger partial charge in [0.15, 0.2) is 5.13 Å². The number of nitro benzene ring substituents is 1. The van der Waals surface area contributed by atoms with Gasteiger partial charge in [-0.2, -0.15) is 0 Å². The zero-order chi connectivity index (χ0) is 39.6. The maximum atomic E-state index is 13.8. The number of thioether (sulfide) groups is 1. The Morgan fingerprint density at radius 2 is 1.33 bits per heavy atom. The van der Waals surface area contributed by atoms with E-state index in [1.807, 2.05) is 103 Å². The molecule has 0 saturated heterocycles. The molecule has 280 valence electrons. The molecule has 0 bridgehead atoms. The second-order valence-electron chi connectivity index (χ2n) is 12.6. The topological polar surface area (TPSA) is 143 Å². The van der Waals surface area contributed by atoms with Crippen LogP contribution in [0.15, 0.2) is 180 Å². The van der Waals surface area contributed by atoms with Crippen LogP contribution in [-0.2, 0) is 9.59 Å². The normalized spacial score (nSPS) is 11.6. The fourth-order valence-electron chi connectivity index (χ4n) is 5.78. The minimum Gasteiger partial charge on any atom is -0.321 e. The Bertz CT molecular complexity index is 2550. The molecule has 6 aromatic carbocycles. The number of amides is 3. The lowest BCUT2D eigenvalue weighted by Gasteiger charge is -2.17. The van der Waals surface area contributed by atoms with E-state index < -0.39 is 22.0 Å². The van der Waals surface area contributed by atoms with Crippen LogP contribution in [0.25, 0.3) is 28.5 Å². The van der Waals surface area contributed by atoms with E-state index in [1.54, 1.807) is 60.0 Å². The third-order valence-electron chi connectivity index (χ3n) is 8.65. The van der Waals surface area contributed by atoms with Crippen LogP contribution in [0, 0.1) is 10.1 Å². The van der Waals surface area contributed by atoms with Gasteiger partial charge in [-0.05, 0) is 64.7 Å². The molecule has 0 aliphatic rings. The highest BCUT2D eigenvalue weighted by Crippen LogP contribution is 2.37. The lowest BCUT2D eigenvalue weighted by Crippen LogP contribution is -2.30. The fourth-order valence-corrected chi connectivity index (χ4v) is 7.52. The lowest BCUT2D eigenvalue weighted by molar-refractivity contribution is -0.384. The number of aromatic nitrogens is 1. The second kappa shape index (κ2) is 18.0. The van der Waals surface area contributed by atoms with Gasteiger partial charge >= 0.3 is 0 Å². The summed E-state index contributed by atoms with van der Waals surface area (Å²) < 4.78 is 0. The number of carbonyl (C=O) groups is 3. The molecule has 57 heavy (non-hydrogen) atoms. The summed E-state index contributed by atoms with van der Waals surface area (Å²) >= 11 is 2.55. The van der Waals surface area contributed by atoms with Crippen molar-refractivity contribution in [1.82, 2.24) is 10.3 Å². The number of nitro groups is 1.